The molecular weight excluding hydrogens is 366 g/mol. The normalized spacial score (nSPS) is 15.0. The summed E-state index contributed by atoms with van der Waals surface area (Å²) < 4.78 is 5.66. The van der Waals surface area contributed by atoms with Gasteiger partial charge in [0.25, 0.3) is 5.91 Å². The van der Waals surface area contributed by atoms with Crippen molar-refractivity contribution in [2.75, 3.05) is 0 Å². The third kappa shape index (κ3) is 5.82. The number of urea groups is 1. The molecule has 0 saturated heterocycles. The average molecular weight is 391 g/mol. The lowest BCUT2D eigenvalue weighted by Crippen LogP contribution is -2.48. The van der Waals surface area contributed by atoms with E-state index in [9.17, 15) is 9.59 Å². The summed E-state index contributed by atoms with van der Waals surface area (Å²) in [4.78, 5) is 24.2. The fourth-order valence-electron chi connectivity index (χ4n) is 3.40. The molecule has 6 nitrogen and oxygen atoms in total. The Morgan fingerprint density at radius 1 is 1.00 bits per heavy atom. The lowest BCUT2D eigenvalue weighted by atomic mass is 9.96. The van der Waals surface area contributed by atoms with Gasteiger partial charge in [0.15, 0.2) is 6.10 Å². The second-order valence-electron chi connectivity index (χ2n) is 7.27. The Bertz CT molecular complexity index is 879. The number of imide groups is 1. The number of benzene rings is 2. The number of nitrogens with zero attached hydrogens (tertiary/aromatic N) is 1. The van der Waals surface area contributed by atoms with E-state index in [-0.39, 0.29) is 6.04 Å². The topological polar surface area (TPSA) is 91.2 Å². The standard InChI is InChI=1S/C23H25N3O3/c1-16(22(27)26-23(28)25-20-5-3-2-4-6-20)29-21-13-11-19(12-14-21)18-9-7-17(15-24)8-10-18/h7-14,16,20H,2-6H2,1H3,(H2,25,26,27,28)/t16-/m1/s1. The molecule has 2 N–H and O–H groups in total. The van der Waals surface area contributed by atoms with Crippen molar-refractivity contribution in [1.29, 1.82) is 5.26 Å². The van der Waals surface area contributed by atoms with Crippen LogP contribution in [-0.4, -0.2) is 24.1 Å². The molecule has 1 aliphatic carbocycles. The third-order valence-corrected chi connectivity index (χ3v) is 5.06. The van der Waals surface area contributed by atoms with Crippen LogP contribution in [0.2, 0.25) is 0 Å². The van der Waals surface area contributed by atoms with E-state index in [1.807, 2.05) is 24.3 Å². The van der Waals surface area contributed by atoms with Crippen LogP contribution in [-0.2, 0) is 4.79 Å². The summed E-state index contributed by atoms with van der Waals surface area (Å²) in [5.41, 5.74) is 2.58. The molecule has 1 saturated carbocycles. The van der Waals surface area contributed by atoms with Crippen molar-refractivity contribution < 1.29 is 14.3 Å². The zero-order chi connectivity index (χ0) is 20.6. The van der Waals surface area contributed by atoms with Crippen LogP contribution >= 0.6 is 0 Å². The van der Waals surface area contributed by atoms with Crippen molar-refractivity contribution in [2.45, 2.75) is 51.2 Å². The SMILES string of the molecule is C[C@@H](Oc1ccc(-c2ccc(C#N)cc2)cc1)C(=O)NC(=O)NC1CCCCC1. The number of amides is 3. The van der Waals surface area contributed by atoms with E-state index in [0.29, 0.717) is 11.3 Å². The van der Waals surface area contributed by atoms with Crippen molar-refractivity contribution in [1.82, 2.24) is 10.6 Å². The first-order valence-electron chi connectivity index (χ1n) is 9.94. The van der Waals surface area contributed by atoms with Crippen LogP contribution in [0, 0.1) is 11.3 Å². The Balaban J connectivity index is 1.51. The highest BCUT2D eigenvalue weighted by Gasteiger charge is 2.20. The number of hydrogen-bond donors (Lipinski definition) is 2. The first-order chi connectivity index (χ1) is 14.0. The molecule has 2 aromatic rings. The van der Waals surface area contributed by atoms with Crippen molar-refractivity contribution in [3.8, 4) is 22.9 Å². The molecule has 0 aromatic heterocycles. The predicted molar refractivity (Wildman–Crippen MR) is 110 cm³/mol. The average Bonchev–Trinajstić information content (AvgIpc) is 2.75. The molecule has 150 valence electrons. The predicted octanol–water partition coefficient (Wildman–Crippen LogP) is 4.15. The van der Waals surface area contributed by atoms with Gasteiger partial charge in [-0.3, -0.25) is 10.1 Å². The number of nitriles is 1. The van der Waals surface area contributed by atoms with E-state index in [2.05, 4.69) is 16.7 Å². The van der Waals surface area contributed by atoms with E-state index in [0.717, 1.165) is 36.8 Å². The fourth-order valence-corrected chi connectivity index (χ4v) is 3.40. The van der Waals surface area contributed by atoms with Crippen molar-refractivity contribution >= 4 is 11.9 Å². The van der Waals surface area contributed by atoms with Crippen molar-refractivity contribution in [2.24, 2.45) is 0 Å². The van der Waals surface area contributed by atoms with Crippen LogP contribution in [0.4, 0.5) is 4.79 Å². The molecule has 0 bridgehead atoms. The van der Waals surface area contributed by atoms with Gasteiger partial charge in [0.2, 0.25) is 0 Å². The highest BCUT2D eigenvalue weighted by atomic mass is 16.5. The molecule has 6 heteroatoms. The molecule has 3 amide bonds. The maximum atomic E-state index is 12.2. The van der Waals surface area contributed by atoms with Crippen LogP contribution in [0.3, 0.4) is 0 Å². The molecule has 0 heterocycles. The Hall–Kier alpha value is -3.33. The van der Waals surface area contributed by atoms with Gasteiger partial charge in [0.05, 0.1) is 11.6 Å². The first-order valence-corrected chi connectivity index (χ1v) is 9.94. The van der Waals surface area contributed by atoms with E-state index in [1.54, 1.807) is 31.2 Å². The smallest absolute Gasteiger partial charge is 0.321 e. The van der Waals surface area contributed by atoms with Gasteiger partial charge < -0.3 is 10.1 Å². The molecule has 1 aliphatic rings. The summed E-state index contributed by atoms with van der Waals surface area (Å²) in [6, 6.07) is 16.4. The number of carbonyl (C=O) groups excluding carboxylic acids is 2. The minimum atomic E-state index is -0.798. The van der Waals surface area contributed by atoms with Gasteiger partial charge in [-0.1, -0.05) is 43.5 Å². The van der Waals surface area contributed by atoms with Crippen LogP contribution in [0.1, 0.15) is 44.6 Å². The zero-order valence-electron chi connectivity index (χ0n) is 16.5. The van der Waals surface area contributed by atoms with Crippen LogP contribution < -0.4 is 15.4 Å². The minimum absolute atomic E-state index is 0.141. The van der Waals surface area contributed by atoms with Crippen LogP contribution in [0.15, 0.2) is 48.5 Å². The summed E-state index contributed by atoms with van der Waals surface area (Å²) >= 11 is 0. The van der Waals surface area contributed by atoms with Gasteiger partial charge in [-0.2, -0.15) is 5.26 Å². The Morgan fingerprint density at radius 2 is 1.59 bits per heavy atom. The van der Waals surface area contributed by atoms with Gasteiger partial charge in [0.1, 0.15) is 5.75 Å². The molecule has 3 rings (SSSR count). The maximum Gasteiger partial charge on any atom is 0.321 e. The van der Waals surface area contributed by atoms with Gasteiger partial charge in [-0.25, -0.2) is 4.79 Å². The Labute approximate surface area is 170 Å². The third-order valence-electron chi connectivity index (χ3n) is 5.06. The summed E-state index contributed by atoms with van der Waals surface area (Å²) in [6.07, 6.45) is 4.53. The number of hydrogen-bond acceptors (Lipinski definition) is 4. The minimum Gasteiger partial charge on any atom is -0.481 e. The van der Waals surface area contributed by atoms with Gasteiger partial charge >= 0.3 is 6.03 Å². The summed E-state index contributed by atoms with van der Waals surface area (Å²) in [6.45, 7) is 1.61. The number of carbonyl (C=O) groups is 2. The van der Waals surface area contributed by atoms with Gasteiger partial charge in [-0.05, 0) is 55.2 Å². The van der Waals surface area contributed by atoms with Crippen molar-refractivity contribution in [3.05, 3.63) is 54.1 Å². The van der Waals surface area contributed by atoms with E-state index in [4.69, 9.17) is 10.00 Å². The number of nitrogens with one attached hydrogen (secondary N) is 2. The molecule has 2 aromatic carbocycles. The maximum absolute atomic E-state index is 12.2. The Kier molecular flexibility index (Phi) is 6.85. The van der Waals surface area contributed by atoms with Gasteiger partial charge in [-0.15, -0.1) is 0 Å². The molecule has 1 fully saturated rings. The lowest BCUT2D eigenvalue weighted by Gasteiger charge is -2.23. The van der Waals surface area contributed by atoms with E-state index in [1.165, 1.54) is 6.42 Å². The summed E-state index contributed by atoms with van der Waals surface area (Å²) in [5.74, 6) is 0.0622. The first kappa shape index (κ1) is 20.4. The molecular formula is C23H25N3O3. The molecule has 0 aliphatic heterocycles. The highest BCUT2D eigenvalue weighted by Crippen LogP contribution is 2.23. The molecule has 0 unspecified atom stereocenters. The monoisotopic (exact) mass is 391 g/mol. The molecule has 0 spiro atoms. The second kappa shape index (κ2) is 9.74. The van der Waals surface area contributed by atoms with Crippen LogP contribution in [0.5, 0.6) is 5.75 Å². The summed E-state index contributed by atoms with van der Waals surface area (Å²) in [7, 11) is 0. The van der Waals surface area contributed by atoms with Crippen molar-refractivity contribution in [3.63, 3.8) is 0 Å². The highest BCUT2D eigenvalue weighted by molar-refractivity contribution is 5.96. The quantitative estimate of drug-likeness (QED) is 0.801. The van der Waals surface area contributed by atoms with Crippen LogP contribution in [0.25, 0.3) is 11.1 Å². The number of rotatable bonds is 5. The summed E-state index contributed by atoms with van der Waals surface area (Å²) in [5, 5.41) is 14.1. The second-order valence-corrected chi connectivity index (χ2v) is 7.27. The molecule has 1 atom stereocenters. The zero-order valence-corrected chi connectivity index (χ0v) is 16.5. The molecule has 29 heavy (non-hydrogen) atoms. The number of ether oxygens (including phenoxy) is 1. The Morgan fingerprint density at radius 3 is 2.17 bits per heavy atom. The lowest BCUT2D eigenvalue weighted by molar-refractivity contribution is -0.126. The van der Waals surface area contributed by atoms with E-state index >= 15 is 0 Å². The fraction of sp³-hybridized carbons (Fsp3) is 0.348. The van der Waals surface area contributed by atoms with E-state index < -0.39 is 18.0 Å². The van der Waals surface area contributed by atoms with Gasteiger partial charge in [0, 0.05) is 6.04 Å². The largest absolute Gasteiger partial charge is 0.481 e. The molecule has 0 radical (unpaired) electrons.